The van der Waals surface area contributed by atoms with Crippen LogP contribution >= 0.6 is 11.3 Å². The fraction of sp³-hybridized carbons (Fsp3) is 0.400. The monoisotopic (exact) mass is 275 g/mol. The Bertz CT molecular complexity index is 506. The Balaban J connectivity index is 2.26. The molecule has 0 saturated carbocycles. The van der Waals surface area contributed by atoms with Gasteiger partial charge in [-0.25, -0.2) is 4.98 Å². The second-order valence-electron chi connectivity index (χ2n) is 5.04. The fourth-order valence-electron chi connectivity index (χ4n) is 1.97. The maximum Gasteiger partial charge on any atom is 0.129 e. The van der Waals surface area contributed by atoms with Crippen LogP contribution in [0.5, 0.6) is 0 Å². The first-order valence-electron chi connectivity index (χ1n) is 6.58. The van der Waals surface area contributed by atoms with Crippen molar-refractivity contribution in [3.05, 3.63) is 46.3 Å². The molecule has 0 fully saturated rings. The average molecular weight is 275 g/mol. The van der Waals surface area contributed by atoms with Gasteiger partial charge in [0, 0.05) is 23.2 Å². The van der Waals surface area contributed by atoms with E-state index in [2.05, 4.69) is 47.3 Å². The Morgan fingerprint density at radius 3 is 2.68 bits per heavy atom. The zero-order chi connectivity index (χ0) is 13.8. The summed E-state index contributed by atoms with van der Waals surface area (Å²) in [5.74, 6) is 0.998. The molecule has 0 aliphatic heterocycles. The molecule has 0 amide bonds. The number of anilines is 1. The lowest BCUT2D eigenvalue weighted by molar-refractivity contribution is 0.675. The first kappa shape index (κ1) is 14.0. The van der Waals surface area contributed by atoms with E-state index < -0.39 is 0 Å². The molecule has 1 atom stereocenters. The van der Waals surface area contributed by atoms with Crippen molar-refractivity contribution in [2.75, 3.05) is 4.90 Å². The summed E-state index contributed by atoms with van der Waals surface area (Å²) in [7, 11) is 0. The van der Waals surface area contributed by atoms with E-state index in [1.807, 2.05) is 19.2 Å². The number of thiophene rings is 1. The summed E-state index contributed by atoms with van der Waals surface area (Å²) in [6, 6.07) is 8.77. The largest absolute Gasteiger partial charge is 0.349 e. The average Bonchev–Trinajstić information content (AvgIpc) is 2.88. The van der Waals surface area contributed by atoms with Gasteiger partial charge < -0.3 is 10.6 Å². The van der Waals surface area contributed by atoms with Gasteiger partial charge in [0.25, 0.3) is 0 Å². The normalized spacial score (nSPS) is 12.7. The molecular weight excluding hydrogens is 254 g/mol. The second kappa shape index (κ2) is 6.17. The van der Waals surface area contributed by atoms with Gasteiger partial charge in [-0.1, -0.05) is 6.07 Å². The van der Waals surface area contributed by atoms with Gasteiger partial charge in [0.1, 0.15) is 5.82 Å². The van der Waals surface area contributed by atoms with Crippen molar-refractivity contribution < 1.29 is 0 Å². The van der Waals surface area contributed by atoms with E-state index in [1.54, 1.807) is 11.3 Å². The van der Waals surface area contributed by atoms with Gasteiger partial charge in [-0.15, -0.1) is 11.3 Å². The topological polar surface area (TPSA) is 42.1 Å². The number of nitrogens with two attached hydrogens (primary N) is 1. The van der Waals surface area contributed by atoms with Gasteiger partial charge in [0.05, 0.1) is 6.54 Å². The van der Waals surface area contributed by atoms with Gasteiger partial charge in [-0.2, -0.15) is 0 Å². The quantitative estimate of drug-likeness (QED) is 0.907. The second-order valence-corrected chi connectivity index (χ2v) is 6.07. The maximum absolute atomic E-state index is 5.95. The molecule has 2 heterocycles. The molecule has 102 valence electrons. The standard InChI is InChI=1S/C15H21N3S/c1-11(2)18(10-14-5-4-8-19-14)15-9-13(12(3)16)6-7-17-15/h4-9,11-12H,10,16H2,1-3H3. The molecule has 2 N–H and O–H groups in total. The highest BCUT2D eigenvalue weighted by atomic mass is 32.1. The fourth-order valence-corrected chi connectivity index (χ4v) is 2.68. The van der Waals surface area contributed by atoms with Gasteiger partial charge in [-0.3, -0.25) is 0 Å². The molecule has 0 bridgehead atoms. The van der Waals surface area contributed by atoms with Crippen LogP contribution in [0.1, 0.15) is 37.3 Å². The minimum atomic E-state index is 0.0394. The predicted octanol–water partition coefficient (Wildman–Crippen LogP) is 3.58. The van der Waals surface area contributed by atoms with Crippen LogP contribution < -0.4 is 10.6 Å². The van der Waals surface area contributed by atoms with Crippen LogP contribution in [0.3, 0.4) is 0 Å². The molecule has 4 heteroatoms. The summed E-state index contributed by atoms with van der Waals surface area (Å²) in [6.07, 6.45) is 1.85. The number of nitrogens with zero attached hydrogens (tertiary/aromatic N) is 2. The van der Waals surface area contributed by atoms with Gasteiger partial charge in [0.15, 0.2) is 0 Å². The number of rotatable bonds is 5. The lowest BCUT2D eigenvalue weighted by Crippen LogP contribution is -2.30. The highest BCUT2D eigenvalue weighted by molar-refractivity contribution is 7.09. The van der Waals surface area contributed by atoms with Crippen LogP contribution in [0.25, 0.3) is 0 Å². The molecule has 2 aromatic heterocycles. The molecule has 0 aromatic carbocycles. The molecule has 3 nitrogen and oxygen atoms in total. The maximum atomic E-state index is 5.95. The first-order valence-corrected chi connectivity index (χ1v) is 7.46. The molecule has 0 spiro atoms. The summed E-state index contributed by atoms with van der Waals surface area (Å²) in [5.41, 5.74) is 7.08. The number of pyridine rings is 1. The van der Waals surface area contributed by atoms with Crippen LogP contribution in [0.2, 0.25) is 0 Å². The molecular formula is C15H21N3S. The summed E-state index contributed by atoms with van der Waals surface area (Å²) < 4.78 is 0. The third-order valence-corrected chi connectivity index (χ3v) is 3.98. The molecule has 19 heavy (non-hydrogen) atoms. The van der Waals surface area contributed by atoms with E-state index in [0.29, 0.717) is 6.04 Å². The highest BCUT2D eigenvalue weighted by Gasteiger charge is 2.14. The van der Waals surface area contributed by atoms with E-state index in [1.165, 1.54) is 4.88 Å². The Hall–Kier alpha value is -1.39. The SMILES string of the molecule is CC(N)c1ccnc(N(Cc2cccs2)C(C)C)c1. The van der Waals surface area contributed by atoms with Crippen molar-refractivity contribution in [1.29, 1.82) is 0 Å². The highest BCUT2D eigenvalue weighted by Crippen LogP contribution is 2.22. The van der Waals surface area contributed by atoms with Crippen LogP contribution in [-0.4, -0.2) is 11.0 Å². The predicted molar refractivity (Wildman–Crippen MR) is 82.5 cm³/mol. The summed E-state index contributed by atoms with van der Waals surface area (Å²) in [4.78, 5) is 8.15. The Morgan fingerprint density at radius 1 is 1.32 bits per heavy atom. The zero-order valence-electron chi connectivity index (χ0n) is 11.7. The van der Waals surface area contributed by atoms with Crippen LogP contribution in [0, 0.1) is 0 Å². The third kappa shape index (κ3) is 3.55. The van der Waals surface area contributed by atoms with Crippen molar-refractivity contribution in [1.82, 2.24) is 4.98 Å². The van der Waals surface area contributed by atoms with E-state index in [-0.39, 0.29) is 6.04 Å². The number of hydrogen-bond acceptors (Lipinski definition) is 4. The number of aromatic nitrogens is 1. The van der Waals surface area contributed by atoms with Crippen molar-refractivity contribution in [3.8, 4) is 0 Å². The molecule has 1 unspecified atom stereocenters. The van der Waals surface area contributed by atoms with Crippen molar-refractivity contribution in [2.24, 2.45) is 5.73 Å². The number of hydrogen-bond donors (Lipinski definition) is 1. The Labute approximate surface area is 119 Å². The van der Waals surface area contributed by atoms with Crippen molar-refractivity contribution in [2.45, 2.75) is 39.4 Å². The third-order valence-electron chi connectivity index (χ3n) is 3.12. The van der Waals surface area contributed by atoms with E-state index in [9.17, 15) is 0 Å². The van der Waals surface area contributed by atoms with Crippen LogP contribution in [-0.2, 0) is 6.54 Å². The lowest BCUT2D eigenvalue weighted by Gasteiger charge is -2.28. The Kier molecular flexibility index (Phi) is 4.56. The molecule has 2 rings (SSSR count). The molecule has 0 radical (unpaired) electrons. The summed E-state index contributed by atoms with van der Waals surface area (Å²) in [6.45, 7) is 7.27. The van der Waals surface area contributed by atoms with E-state index in [4.69, 9.17) is 5.73 Å². The van der Waals surface area contributed by atoms with Crippen LogP contribution in [0.4, 0.5) is 5.82 Å². The molecule has 0 saturated heterocycles. The van der Waals surface area contributed by atoms with E-state index in [0.717, 1.165) is 17.9 Å². The lowest BCUT2D eigenvalue weighted by atomic mass is 10.1. The summed E-state index contributed by atoms with van der Waals surface area (Å²) >= 11 is 1.78. The Morgan fingerprint density at radius 2 is 2.11 bits per heavy atom. The minimum Gasteiger partial charge on any atom is -0.349 e. The minimum absolute atomic E-state index is 0.0394. The van der Waals surface area contributed by atoms with E-state index >= 15 is 0 Å². The van der Waals surface area contributed by atoms with Gasteiger partial charge in [0.2, 0.25) is 0 Å². The smallest absolute Gasteiger partial charge is 0.129 e. The first-order chi connectivity index (χ1) is 9.08. The molecule has 0 aliphatic carbocycles. The van der Waals surface area contributed by atoms with Crippen molar-refractivity contribution >= 4 is 17.2 Å². The summed E-state index contributed by atoms with van der Waals surface area (Å²) in [5, 5.41) is 2.11. The molecule has 0 aliphatic rings. The van der Waals surface area contributed by atoms with Gasteiger partial charge in [-0.05, 0) is 49.9 Å². The van der Waals surface area contributed by atoms with Gasteiger partial charge >= 0.3 is 0 Å². The molecule has 2 aromatic rings. The van der Waals surface area contributed by atoms with Crippen molar-refractivity contribution in [3.63, 3.8) is 0 Å². The van der Waals surface area contributed by atoms with Crippen LogP contribution in [0.15, 0.2) is 35.8 Å². The zero-order valence-corrected chi connectivity index (χ0v) is 12.5.